The van der Waals surface area contributed by atoms with Crippen LogP contribution in [-0.4, -0.2) is 23.2 Å². The summed E-state index contributed by atoms with van der Waals surface area (Å²) >= 11 is 0. The molecule has 0 unspecified atom stereocenters. The predicted molar refractivity (Wildman–Crippen MR) is 121 cm³/mol. The van der Waals surface area contributed by atoms with E-state index in [1.165, 1.54) is 44.9 Å². The van der Waals surface area contributed by atoms with Gasteiger partial charge in [-0.25, -0.2) is 9.97 Å². The average Bonchev–Trinajstić information content (AvgIpc) is 2.77. The van der Waals surface area contributed by atoms with Crippen LogP contribution in [0.15, 0.2) is 36.7 Å². The summed E-state index contributed by atoms with van der Waals surface area (Å²) in [5.74, 6) is 2.28. The molecule has 2 aromatic rings. The van der Waals surface area contributed by atoms with Crippen LogP contribution in [-0.2, 0) is 0 Å². The Morgan fingerprint density at radius 1 is 0.793 bits per heavy atom. The Balaban J connectivity index is 1.70. The number of hydrogen-bond acceptors (Lipinski definition) is 4. The summed E-state index contributed by atoms with van der Waals surface area (Å²) in [6, 6.07) is 8.07. The highest BCUT2D eigenvalue weighted by Crippen LogP contribution is 2.21. The minimum Gasteiger partial charge on any atom is -0.494 e. The summed E-state index contributed by atoms with van der Waals surface area (Å²) < 4.78 is 11.5. The SMILES string of the molecule is CCCCCCCCOc1cnc(-c2ccc(OCCC[C@@H](C)CC)cc2)cn1. The van der Waals surface area contributed by atoms with Gasteiger partial charge in [0.15, 0.2) is 0 Å². The fourth-order valence-corrected chi connectivity index (χ4v) is 3.15. The second kappa shape index (κ2) is 14.0. The number of hydrogen-bond donors (Lipinski definition) is 0. The number of aromatic nitrogens is 2. The van der Waals surface area contributed by atoms with Crippen molar-refractivity contribution in [1.29, 1.82) is 0 Å². The Kier molecular flexibility index (Phi) is 11.2. The van der Waals surface area contributed by atoms with Gasteiger partial charge in [-0.05, 0) is 49.4 Å². The van der Waals surface area contributed by atoms with Crippen molar-refractivity contribution in [3.8, 4) is 22.9 Å². The van der Waals surface area contributed by atoms with Crippen molar-refractivity contribution >= 4 is 0 Å². The number of ether oxygens (including phenoxy) is 2. The van der Waals surface area contributed by atoms with Gasteiger partial charge in [0.05, 0.1) is 31.3 Å². The Morgan fingerprint density at radius 3 is 2.21 bits per heavy atom. The van der Waals surface area contributed by atoms with Crippen molar-refractivity contribution in [3.05, 3.63) is 36.7 Å². The first-order valence-electron chi connectivity index (χ1n) is 11.4. The van der Waals surface area contributed by atoms with Crippen LogP contribution < -0.4 is 9.47 Å². The van der Waals surface area contributed by atoms with Crippen molar-refractivity contribution in [2.24, 2.45) is 5.92 Å². The lowest BCUT2D eigenvalue weighted by Crippen LogP contribution is -2.01. The normalized spacial score (nSPS) is 12.0. The van der Waals surface area contributed by atoms with Crippen molar-refractivity contribution in [2.45, 2.75) is 78.6 Å². The van der Waals surface area contributed by atoms with E-state index in [2.05, 4.69) is 30.7 Å². The Hall–Kier alpha value is -2.10. The molecule has 160 valence electrons. The van der Waals surface area contributed by atoms with Gasteiger partial charge in [0.2, 0.25) is 5.88 Å². The van der Waals surface area contributed by atoms with Crippen LogP contribution in [0.5, 0.6) is 11.6 Å². The maximum absolute atomic E-state index is 5.84. The van der Waals surface area contributed by atoms with Gasteiger partial charge in [-0.2, -0.15) is 0 Å². The van der Waals surface area contributed by atoms with E-state index < -0.39 is 0 Å². The van der Waals surface area contributed by atoms with Gasteiger partial charge < -0.3 is 9.47 Å². The molecule has 0 spiro atoms. The molecule has 0 saturated carbocycles. The van der Waals surface area contributed by atoms with Crippen LogP contribution in [0.3, 0.4) is 0 Å². The van der Waals surface area contributed by atoms with Crippen molar-refractivity contribution in [3.63, 3.8) is 0 Å². The van der Waals surface area contributed by atoms with Gasteiger partial charge in [0.1, 0.15) is 5.75 Å². The third-order valence-corrected chi connectivity index (χ3v) is 5.33. The molecule has 1 heterocycles. The van der Waals surface area contributed by atoms with Crippen LogP contribution in [0.4, 0.5) is 0 Å². The molecular formula is C25H38N2O2. The fraction of sp³-hybridized carbons (Fsp3) is 0.600. The number of unbranched alkanes of at least 4 members (excludes halogenated alkanes) is 5. The van der Waals surface area contributed by atoms with Crippen LogP contribution in [0.1, 0.15) is 78.6 Å². The quantitative estimate of drug-likeness (QED) is 0.300. The number of benzene rings is 1. The Labute approximate surface area is 177 Å². The Bertz CT molecular complexity index is 656. The summed E-state index contributed by atoms with van der Waals surface area (Å²) in [6.45, 7) is 8.25. The van der Waals surface area contributed by atoms with Crippen LogP contribution in [0.25, 0.3) is 11.3 Å². The predicted octanol–water partition coefficient (Wildman–Crippen LogP) is 7.09. The van der Waals surface area contributed by atoms with E-state index >= 15 is 0 Å². The van der Waals surface area contributed by atoms with Crippen molar-refractivity contribution < 1.29 is 9.47 Å². The van der Waals surface area contributed by atoms with E-state index in [4.69, 9.17) is 9.47 Å². The molecule has 1 atom stereocenters. The van der Waals surface area contributed by atoms with Gasteiger partial charge >= 0.3 is 0 Å². The van der Waals surface area contributed by atoms with E-state index in [1.807, 2.05) is 24.3 Å². The van der Waals surface area contributed by atoms with Gasteiger partial charge in [0, 0.05) is 5.56 Å². The summed E-state index contributed by atoms with van der Waals surface area (Å²) in [4.78, 5) is 8.89. The summed E-state index contributed by atoms with van der Waals surface area (Å²) in [6.07, 6.45) is 14.6. The first-order valence-corrected chi connectivity index (χ1v) is 11.4. The van der Waals surface area contributed by atoms with Crippen LogP contribution in [0, 0.1) is 5.92 Å². The molecule has 0 aliphatic rings. The average molecular weight is 399 g/mol. The van der Waals surface area contributed by atoms with E-state index in [9.17, 15) is 0 Å². The molecule has 4 heteroatoms. The maximum Gasteiger partial charge on any atom is 0.232 e. The van der Waals surface area contributed by atoms with E-state index in [0.29, 0.717) is 12.5 Å². The zero-order valence-electron chi connectivity index (χ0n) is 18.5. The smallest absolute Gasteiger partial charge is 0.232 e. The zero-order chi connectivity index (χ0) is 20.7. The molecule has 0 amide bonds. The second-order valence-electron chi connectivity index (χ2n) is 7.88. The van der Waals surface area contributed by atoms with Crippen molar-refractivity contribution in [2.75, 3.05) is 13.2 Å². The molecule has 0 saturated heterocycles. The molecule has 1 aromatic heterocycles. The topological polar surface area (TPSA) is 44.2 Å². The summed E-state index contributed by atoms with van der Waals surface area (Å²) in [5, 5.41) is 0. The van der Waals surface area contributed by atoms with E-state index in [1.54, 1.807) is 12.4 Å². The highest BCUT2D eigenvalue weighted by atomic mass is 16.5. The molecule has 0 aliphatic carbocycles. The summed E-state index contributed by atoms with van der Waals surface area (Å²) in [7, 11) is 0. The van der Waals surface area contributed by atoms with Gasteiger partial charge in [0.25, 0.3) is 0 Å². The standard InChI is InChI=1S/C25H38N2O2/c1-4-6-7-8-9-10-17-29-25-20-26-24(19-27-25)22-13-15-23(16-14-22)28-18-11-12-21(3)5-2/h13-16,19-21H,4-12,17-18H2,1-3H3/t21-/m0/s1. The molecule has 29 heavy (non-hydrogen) atoms. The minimum absolute atomic E-state index is 0.601. The maximum atomic E-state index is 5.84. The monoisotopic (exact) mass is 398 g/mol. The molecule has 1 aromatic carbocycles. The molecule has 2 rings (SSSR count). The highest BCUT2D eigenvalue weighted by Gasteiger charge is 2.04. The third-order valence-electron chi connectivity index (χ3n) is 5.33. The highest BCUT2D eigenvalue weighted by molar-refractivity contribution is 5.59. The first kappa shape index (κ1) is 23.2. The lowest BCUT2D eigenvalue weighted by Gasteiger charge is -2.10. The largest absolute Gasteiger partial charge is 0.494 e. The number of nitrogens with zero attached hydrogens (tertiary/aromatic N) is 2. The Morgan fingerprint density at radius 2 is 1.52 bits per heavy atom. The zero-order valence-corrected chi connectivity index (χ0v) is 18.5. The minimum atomic E-state index is 0.601. The van der Waals surface area contributed by atoms with Crippen LogP contribution >= 0.6 is 0 Å². The van der Waals surface area contributed by atoms with Crippen LogP contribution in [0.2, 0.25) is 0 Å². The molecule has 0 radical (unpaired) electrons. The van der Waals surface area contributed by atoms with Gasteiger partial charge in [-0.15, -0.1) is 0 Å². The fourth-order valence-electron chi connectivity index (χ4n) is 3.15. The van der Waals surface area contributed by atoms with Gasteiger partial charge in [-0.3, -0.25) is 0 Å². The molecule has 0 bridgehead atoms. The van der Waals surface area contributed by atoms with E-state index in [-0.39, 0.29) is 0 Å². The first-order chi connectivity index (χ1) is 14.2. The molecular weight excluding hydrogens is 360 g/mol. The molecule has 0 N–H and O–H groups in total. The van der Waals surface area contributed by atoms with E-state index in [0.717, 1.165) is 42.4 Å². The third kappa shape index (κ3) is 9.29. The number of rotatable bonds is 15. The second-order valence-corrected chi connectivity index (χ2v) is 7.88. The van der Waals surface area contributed by atoms with Gasteiger partial charge in [-0.1, -0.05) is 59.3 Å². The molecule has 0 aliphatic heterocycles. The van der Waals surface area contributed by atoms with Crippen molar-refractivity contribution in [1.82, 2.24) is 9.97 Å². The summed E-state index contributed by atoms with van der Waals surface area (Å²) in [5.41, 5.74) is 1.88. The lowest BCUT2D eigenvalue weighted by molar-refractivity contribution is 0.292. The molecule has 0 fully saturated rings. The molecule has 4 nitrogen and oxygen atoms in total. The lowest BCUT2D eigenvalue weighted by atomic mass is 10.0.